The van der Waals surface area contributed by atoms with Crippen LogP contribution >= 0.6 is 0 Å². The van der Waals surface area contributed by atoms with E-state index in [1.54, 1.807) is 6.20 Å². The Hall–Kier alpha value is -3.46. The monoisotopic (exact) mass is 432 g/mol. The SMILES string of the molecule is CCOc1ccc(C)cc1C(C)NC(=O)/C(C#N)=C\N1CCN(c2cccc(C)c2)CC1. The lowest BCUT2D eigenvalue weighted by Gasteiger charge is -2.35. The fraction of sp³-hybridized carbons (Fsp3) is 0.385. The zero-order valence-electron chi connectivity index (χ0n) is 19.4. The summed E-state index contributed by atoms with van der Waals surface area (Å²) < 4.78 is 5.71. The van der Waals surface area contributed by atoms with E-state index in [-0.39, 0.29) is 17.5 Å². The van der Waals surface area contributed by atoms with Crippen LogP contribution in [-0.4, -0.2) is 43.6 Å². The molecule has 1 N–H and O–H groups in total. The van der Waals surface area contributed by atoms with Gasteiger partial charge in [-0.25, -0.2) is 0 Å². The van der Waals surface area contributed by atoms with Gasteiger partial charge in [-0.15, -0.1) is 0 Å². The third kappa shape index (κ3) is 5.82. The normalized spacial score (nSPS) is 15.2. The van der Waals surface area contributed by atoms with Crippen LogP contribution in [0.5, 0.6) is 5.75 Å². The van der Waals surface area contributed by atoms with Crippen LogP contribution in [0, 0.1) is 25.2 Å². The van der Waals surface area contributed by atoms with Crippen LogP contribution in [0.1, 0.15) is 36.6 Å². The molecule has 0 aromatic heterocycles. The molecule has 1 amide bonds. The van der Waals surface area contributed by atoms with Gasteiger partial charge in [0, 0.05) is 43.6 Å². The van der Waals surface area contributed by atoms with E-state index in [2.05, 4.69) is 47.5 Å². The Morgan fingerprint density at radius 2 is 1.88 bits per heavy atom. The summed E-state index contributed by atoms with van der Waals surface area (Å²) in [6, 6.07) is 16.2. The molecule has 3 rings (SSSR count). The van der Waals surface area contributed by atoms with Gasteiger partial charge in [-0.1, -0.05) is 29.8 Å². The molecule has 1 fully saturated rings. The van der Waals surface area contributed by atoms with Crippen molar-refractivity contribution < 1.29 is 9.53 Å². The first-order valence-corrected chi connectivity index (χ1v) is 11.1. The van der Waals surface area contributed by atoms with Gasteiger partial charge in [-0.2, -0.15) is 5.26 Å². The quantitative estimate of drug-likeness (QED) is 0.527. The smallest absolute Gasteiger partial charge is 0.263 e. The molecule has 1 heterocycles. The summed E-state index contributed by atoms with van der Waals surface area (Å²) in [4.78, 5) is 17.2. The number of nitriles is 1. The van der Waals surface area contributed by atoms with Gasteiger partial charge < -0.3 is 19.9 Å². The highest BCUT2D eigenvalue weighted by Gasteiger charge is 2.20. The summed E-state index contributed by atoms with van der Waals surface area (Å²) in [6.07, 6.45) is 1.69. The van der Waals surface area contributed by atoms with Crippen molar-refractivity contribution in [3.8, 4) is 11.8 Å². The van der Waals surface area contributed by atoms with Crippen molar-refractivity contribution >= 4 is 11.6 Å². The molecular weight excluding hydrogens is 400 g/mol. The Balaban J connectivity index is 1.64. The molecule has 0 bridgehead atoms. The molecular formula is C26H32N4O2. The Morgan fingerprint density at radius 1 is 1.16 bits per heavy atom. The molecule has 32 heavy (non-hydrogen) atoms. The van der Waals surface area contributed by atoms with Crippen molar-refractivity contribution in [1.82, 2.24) is 10.2 Å². The fourth-order valence-corrected chi connectivity index (χ4v) is 3.90. The second-order valence-corrected chi connectivity index (χ2v) is 8.19. The van der Waals surface area contributed by atoms with Gasteiger partial charge in [-0.05, 0) is 51.5 Å². The van der Waals surface area contributed by atoms with E-state index in [1.807, 2.05) is 43.9 Å². The predicted octanol–water partition coefficient (Wildman–Crippen LogP) is 4.11. The lowest BCUT2D eigenvalue weighted by atomic mass is 10.0. The zero-order valence-corrected chi connectivity index (χ0v) is 19.4. The second-order valence-electron chi connectivity index (χ2n) is 8.19. The molecule has 1 aliphatic heterocycles. The molecule has 2 aromatic carbocycles. The highest BCUT2D eigenvalue weighted by atomic mass is 16.5. The van der Waals surface area contributed by atoms with Gasteiger partial charge in [0.25, 0.3) is 5.91 Å². The van der Waals surface area contributed by atoms with Crippen LogP contribution in [0.2, 0.25) is 0 Å². The number of hydrogen-bond acceptors (Lipinski definition) is 5. The van der Waals surface area contributed by atoms with E-state index < -0.39 is 0 Å². The van der Waals surface area contributed by atoms with E-state index in [0.29, 0.717) is 6.61 Å². The van der Waals surface area contributed by atoms with Crippen molar-refractivity contribution in [3.63, 3.8) is 0 Å². The summed E-state index contributed by atoms with van der Waals surface area (Å²) in [6.45, 7) is 11.7. The molecule has 1 atom stereocenters. The maximum absolute atomic E-state index is 12.8. The number of carbonyl (C=O) groups excluding carboxylic acids is 1. The number of amides is 1. The van der Waals surface area contributed by atoms with Gasteiger partial charge in [-0.3, -0.25) is 4.79 Å². The third-order valence-corrected chi connectivity index (χ3v) is 5.64. The molecule has 0 spiro atoms. The first-order chi connectivity index (χ1) is 15.4. The first-order valence-electron chi connectivity index (χ1n) is 11.1. The van der Waals surface area contributed by atoms with Crippen molar-refractivity contribution in [3.05, 3.63) is 70.9 Å². The lowest BCUT2D eigenvalue weighted by molar-refractivity contribution is -0.117. The number of aryl methyl sites for hydroxylation is 2. The molecule has 6 heteroatoms. The average molecular weight is 433 g/mol. The Kier molecular flexibility index (Phi) is 7.77. The van der Waals surface area contributed by atoms with Crippen LogP contribution in [0.4, 0.5) is 5.69 Å². The molecule has 168 valence electrons. The molecule has 0 aliphatic carbocycles. The fourth-order valence-electron chi connectivity index (χ4n) is 3.90. The van der Waals surface area contributed by atoms with Gasteiger partial charge in [0.1, 0.15) is 17.4 Å². The molecule has 0 saturated carbocycles. The van der Waals surface area contributed by atoms with E-state index in [9.17, 15) is 10.1 Å². The van der Waals surface area contributed by atoms with E-state index in [4.69, 9.17) is 4.74 Å². The van der Waals surface area contributed by atoms with Crippen LogP contribution in [0.3, 0.4) is 0 Å². The highest BCUT2D eigenvalue weighted by Crippen LogP contribution is 2.27. The first kappa shape index (κ1) is 23.2. The molecule has 1 saturated heterocycles. The third-order valence-electron chi connectivity index (χ3n) is 5.64. The van der Waals surface area contributed by atoms with Crippen LogP contribution in [0.15, 0.2) is 54.2 Å². The number of piperazine rings is 1. The van der Waals surface area contributed by atoms with Gasteiger partial charge in [0.05, 0.1) is 12.6 Å². The summed E-state index contributed by atoms with van der Waals surface area (Å²) >= 11 is 0. The lowest BCUT2D eigenvalue weighted by Crippen LogP contribution is -2.44. The van der Waals surface area contributed by atoms with Crippen LogP contribution in [0.25, 0.3) is 0 Å². The van der Waals surface area contributed by atoms with Gasteiger partial charge >= 0.3 is 0 Å². The summed E-state index contributed by atoms with van der Waals surface area (Å²) in [5, 5.41) is 12.6. The van der Waals surface area contributed by atoms with E-state index in [0.717, 1.165) is 43.1 Å². The minimum absolute atomic E-state index is 0.117. The summed E-state index contributed by atoms with van der Waals surface area (Å²) in [7, 11) is 0. The van der Waals surface area contributed by atoms with E-state index in [1.165, 1.54) is 11.3 Å². The topological polar surface area (TPSA) is 68.6 Å². The molecule has 6 nitrogen and oxygen atoms in total. The largest absolute Gasteiger partial charge is 0.494 e. The summed E-state index contributed by atoms with van der Waals surface area (Å²) in [5.41, 5.74) is 4.57. The number of nitrogens with zero attached hydrogens (tertiary/aromatic N) is 3. The van der Waals surface area contributed by atoms with Gasteiger partial charge in [0.2, 0.25) is 0 Å². The predicted molar refractivity (Wildman–Crippen MR) is 128 cm³/mol. The minimum atomic E-state index is -0.370. The number of nitrogens with one attached hydrogen (secondary N) is 1. The molecule has 0 radical (unpaired) electrons. The maximum atomic E-state index is 12.8. The van der Waals surface area contributed by atoms with Crippen molar-refractivity contribution in [2.45, 2.75) is 33.7 Å². The van der Waals surface area contributed by atoms with E-state index >= 15 is 0 Å². The van der Waals surface area contributed by atoms with Gasteiger partial charge in [0.15, 0.2) is 0 Å². The number of anilines is 1. The number of carbonyl (C=O) groups is 1. The van der Waals surface area contributed by atoms with Crippen molar-refractivity contribution in [1.29, 1.82) is 5.26 Å². The zero-order chi connectivity index (χ0) is 23.1. The average Bonchev–Trinajstić information content (AvgIpc) is 2.79. The second kappa shape index (κ2) is 10.7. The van der Waals surface area contributed by atoms with Crippen LogP contribution in [-0.2, 0) is 4.79 Å². The number of ether oxygens (including phenoxy) is 1. The Labute approximate surface area is 191 Å². The molecule has 2 aromatic rings. The highest BCUT2D eigenvalue weighted by molar-refractivity contribution is 5.97. The Bertz CT molecular complexity index is 1020. The number of benzene rings is 2. The minimum Gasteiger partial charge on any atom is -0.494 e. The Morgan fingerprint density at radius 3 is 2.53 bits per heavy atom. The number of rotatable bonds is 7. The number of hydrogen-bond donors (Lipinski definition) is 1. The molecule has 1 unspecified atom stereocenters. The standard InChI is InChI=1S/C26H32N4O2/c1-5-32-25-10-9-20(3)16-24(25)21(4)28-26(31)22(17-27)18-29-11-13-30(14-12-29)23-8-6-7-19(2)15-23/h6-10,15-16,18,21H,5,11-14H2,1-4H3,(H,28,31)/b22-18-. The van der Waals surface area contributed by atoms with Crippen LogP contribution < -0.4 is 15.0 Å². The molecule has 1 aliphatic rings. The van der Waals surface area contributed by atoms with Crippen molar-refractivity contribution in [2.75, 3.05) is 37.7 Å². The van der Waals surface area contributed by atoms with Crippen molar-refractivity contribution in [2.24, 2.45) is 0 Å². The maximum Gasteiger partial charge on any atom is 0.263 e. The summed E-state index contributed by atoms with van der Waals surface area (Å²) in [5.74, 6) is 0.380.